The number of nitrogens with zero attached hydrogens (tertiary/aromatic N) is 2. The number of anilines is 2. The summed E-state index contributed by atoms with van der Waals surface area (Å²) in [6.45, 7) is 4.04. The van der Waals surface area contributed by atoms with Crippen molar-refractivity contribution in [3.63, 3.8) is 0 Å². The SMILES string of the molecule is CC(C)SC1=C(c2ccccc2)C(=O)N(c2cccc(N(C)C)c2)C1=O. The molecule has 0 fully saturated rings. The van der Waals surface area contributed by atoms with Crippen molar-refractivity contribution in [2.45, 2.75) is 19.1 Å². The van der Waals surface area contributed by atoms with E-state index in [1.165, 1.54) is 16.7 Å². The molecule has 3 rings (SSSR count). The second kappa shape index (κ2) is 7.38. The third-order valence-electron chi connectivity index (χ3n) is 4.06. The van der Waals surface area contributed by atoms with Crippen LogP contribution in [0, 0.1) is 0 Å². The molecule has 2 amide bonds. The van der Waals surface area contributed by atoms with Gasteiger partial charge >= 0.3 is 0 Å². The maximum atomic E-state index is 13.2. The number of thioether (sulfide) groups is 1. The Hall–Kier alpha value is -2.53. The van der Waals surface area contributed by atoms with Crippen molar-refractivity contribution in [2.75, 3.05) is 23.9 Å². The molecule has 0 spiro atoms. The molecule has 5 heteroatoms. The Balaban J connectivity index is 2.08. The van der Waals surface area contributed by atoms with Crippen LogP contribution in [-0.4, -0.2) is 31.2 Å². The molecule has 134 valence electrons. The Labute approximate surface area is 158 Å². The van der Waals surface area contributed by atoms with Gasteiger partial charge in [0.15, 0.2) is 0 Å². The summed E-state index contributed by atoms with van der Waals surface area (Å²) in [5, 5.41) is 0.202. The molecule has 1 heterocycles. The standard InChI is InChI=1S/C21H22N2O2S/c1-14(2)26-19-18(15-9-6-5-7-10-15)20(24)23(21(19)25)17-12-8-11-16(13-17)22(3)4/h5-14H,1-4H3. The minimum absolute atomic E-state index is 0.202. The van der Waals surface area contributed by atoms with Crippen LogP contribution in [0.15, 0.2) is 59.5 Å². The molecular formula is C21H22N2O2S. The molecule has 2 aromatic carbocycles. The van der Waals surface area contributed by atoms with Crippen LogP contribution in [0.1, 0.15) is 19.4 Å². The van der Waals surface area contributed by atoms with Crippen molar-refractivity contribution < 1.29 is 9.59 Å². The maximum absolute atomic E-state index is 13.2. The zero-order valence-electron chi connectivity index (χ0n) is 15.4. The van der Waals surface area contributed by atoms with Gasteiger partial charge in [0.1, 0.15) is 0 Å². The number of hydrogen-bond donors (Lipinski definition) is 0. The third kappa shape index (κ3) is 3.40. The van der Waals surface area contributed by atoms with Crippen LogP contribution < -0.4 is 9.80 Å². The monoisotopic (exact) mass is 366 g/mol. The second-order valence-electron chi connectivity index (χ2n) is 6.60. The van der Waals surface area contributed by atoms with Gasteiger partial charge in [-0.2, -0.15) is 0 Å². The van der Waals surface area contributed by atoms with E-state index in [-0.39, 0.29) is 17.1 Å². The highest BCUT2D eigenvalue weighted by Crippen LogP contribution is 2.40. The largest absolute Gasteiger partial charge is 0.378 e. The van der Waals surface area contributed by atoms with Gasteiger partial charge in [-0.15, -0.1) is 11.8 Å². The molecule has 1 aliphatic rings. The number of benzene rings is 2. The zero-order chi connectivity index (χ0) is 18.8. The molecule has 0 atom stereocenters. The Morgan fingerprint density at radius 1 is 0.923 bits per heavy atom. The number of hydrogen-bond acceptors (Lipinski definition) is 4. The fourth-order valence-electron chi connectivity index (χ4n) is 2.86. The summed E-state index contributed by atoms with van der Waals surface area (Å²) in [5.41, 5.74) is 2.80. The first kappa shape index (κ1) is 18.3. The smallest absolute Gasteiger partial charge is 0.272 e. The van der Waals surface area contributed by atoms with Crippen molar-refractivity contribution in [3.8, 4) is 0 Å². The van der Waals surface area contributed by atoms with Gasteiger partial charge in [0, 0.05) is 25.0 Å². The molecule has 0 N–H and O–H groups in total. The maximum Gasteiger partial charge on any atom is 0.272 e. The summed E-state index contributed by atoms with van der Waals surface area (Å²) in [5.74, 6) is -0.510. The van der Waals surface area contributed by atoms with Crippen LogP contribution in [0.4, 0.5) is 11.4 Å². The van der Waals surface area contributed by atoms with Gasteiger partial charge < -0.3 is 4.90 Å². The summed E-state index contributed by atoms with van der Waals surface area (Å²) < 4.78 is 0. The number of carbonyl (C=O) groups excluding carboxylic acids is 2. The first-order valence-electron chi connectivity index (χ1n) is 8.52. The van der Waals surface area contributed by atoms with Crippen LogP contribution in [-0.2, 0) is 9.59 Å². The average Bonchev–Trinajstić information content (AvgIpc) is 2.85. The van der Waals surface area contributed by atoms with Crippen molar-refractivity contribution in [1.82, 2.24) is 0 Å². The quantitative estimate of drug-likeness (QED) is 0.745. The Kier molecular flexibility index (Phi) is 5.18. The molecule has 0 unspecified atom stereocenters. The molecule has 2 aromatic rings. The molecular weight excluding hydrogens is 344 g/mol. The Bertz CT molecular complexity index is 873. The fraction of sp³-hybridized carbons (Fsp3) is 0.238. The molecule has 0 saturated carbocycles. The Morgan fingerprint density at radius 2 is 1.62 bits per heavy atom. The lowest BCUT2D eigenvalue weighted by Gasteiger charge is -2.19. The number of rotatable bonds is 5. The number of carbonyl (C=O) groups is 2. The van der Waals surface area contributed by atoms with Crippen molar-refractivity contribution >= 4 is 40.5 Å². The number of imide groups is 1. The molecule has 0 bridgehead atoms. The van der Waals surface area contributed by atoms with E-state index in [2.05, 4.69) is 0 Å². The van der Waals surface area contributed by atoms with E-state index >= 15 is 0 Å². The Morgan fingerprint density at radius 3 is 2.23 bits per heavy atom. The first-order chi connectivity index (χ1) is 12.4. The van der Waals surface area contributed by atoms with Gasteiger partial charge in [0.05, 0.1) is 16.2 Å². The van der Waals surface area contributed by atoms with E-state index in [9.17, 15) is 9.59 Å². The predicted octanol–water partition coefficient (Wildman–Crippen LogP) is 4.18. The molecule has 1 aliphatic heterocycles. The molecule has 0 aliphatic carbocycles. The van der Waals surface area contributed by atoms with E-state index in [1.807, 2.05) is 81.4 Å². The lowest BCUT2D eigenvalue weighted by atomic mass is 10.1. The fourth-order valence-corrected chi connectivity index (χ4v) is 3.85. The van der Waals surface area contributed by atoms with Crippen LogP contribution in [0.25, 0.3) is 5.57 Å². The van der Waals surface area contributed by atoms with Gasteiger partial charge in [-0.1, -0.05) is 50.2 Å². The van der Waals surface area contributed by atoms with Crippen LogP contribution in [0.3, 0.4) is 0 Å². The van der Waals surface area contributed by atoms with E-state index in [4.69, 9.17) is 0 Å². The number of amides is 2. The van der Waals surface area contributed by atoms with Gasteiger partial charge in [0.2, 0.25) is 0 Å². The van der Waals surface area contributed by atoms with Crippen LogP contribution in [0.5, 0.6) is 0 Å². The highest BCUT2D eigenvalue weighted by molar-refractivity contribution is 8.04. The minimum Gasteiger partial charge on any atom is -0.378 e. The molecule has 26 heavy (non-hydrogen) atoms. The van der Waals surface area contributed by atoms with Gasteiger partial charge in [-0.25, -0.2) is 4.90 Å². The van der Waals surface area contributed by atoms with E-state index < -0.39 is 0 Å². The average molecular weight is 366 g/mol. The van der Waals surface area contributed by atoms with E-state index in [1.54, 1.807) is 6.07 Å². The molecule has 0 radical (unpaired) electrons. The first-order valence-corrected chi connectivity index (χ1v) is 9.40. The van der Waals surface area contributed by atoms with Gasteiger partial charge in [-0.05, 0) is 23.8 Å². The summed E-state index contributed by atoms with van der Waals surface area (Å²) in [7, 11) is 3.86. The van der Waals surface area contributed by atoms with Crippen molar-refractivity contribution in [1.29, 1.82) is 0 Å². The minimum atomic E-state index is -0.264. The summed E-state index contributed by atoms with van der Waals surface area (Å²) in [6.07, 6.45) is 0. The molecule has 0 aromatic heterocycles. The summed E-state index contributed by atoms with van der Waals surface area (Å²) in [4.78, 5) is 30.1. The van der Waals surface area contributed by atoms with E-state index in [0.717, 1.165) is 11.3 Å². The highest BCUT2D eigenvalue weighted by Gasteiger charge is 2.40. The van der Waals surface area contributed by atoms with Gasteiger partial charge in [0.25, 0.3) is 11.8 Å². The van der Waals surface area contributed by atoms with Crippen molar-refractivity contribution in [2.24, 2.45) is 0 Å². The molecule has 4 nitrogen and oxygen atoms in total. The summed E-state index contributed by atoms with van der Waals surface area (Å²) >= 11 is 1.44. The summed E-state index contributed by atoms with van der Waals surface area (Å²) in [6, 6.07) is 16.9. The molecule has 0 saturated heterocycles. The topological polar surface area (TPSA) is 40.6 Å². The lowest BCUT2D eigenvalue weighted by molar-refractivity contribution is -0.119. The predicted molar refractivity (Wildman–Crippen MR) is 109 cm³/mol. The van der Waals surface area contributed by atoms with Crippen LogP contribution in [0.2, 0.25) is 0 Å². The van der Waals surface area contributed by atoms with Crippen molar-refractivity contribution in [3.05, 3.63) is 65.1 Å². The third-order valence-corrected chi connectivity index (χ3v) is 5.15. The normalized spacial score (nSPS) is 14.6. The zero-order valence-corrected chi connectivity index (χ0v) is 16.2. The highest BCUT2D eigenvalue weighted by atomic mass is 32.2. The lowest BCUT2D eigenvalue weighted by Crippen LogP contribution is -2.31. The second-order valence-corrected chi connectivity index (χ2v) is 8.18. The van der Waals surface area contributed by atoms with Crippen LogP contribution >= 0.6 is 11.8 Å². The van der Waals surface area contributed by atoms with Gasteiger partial charge in [-0.3, -0.25) is 9.59 Å². The van der Waals surface area contributed by atoms with E-state index in [0.29, 0.717) is 16.2 Å².